The topological polar surface area (TPSA) is 67.5 Å². The normalized spacial score (nSPS) is 11.4. The number of hydrogen-bond donors (Lipinski definition) is 1. The molecule has 0 aliphatic rings. The molecular weight excluding hydrogens is 397 g/mol. The zero-order valence-corrected chi connectivity index (χ0v) is 15.9. The third kappa shape index (κ3) is 3.26. The average Bonchev–Trinajstić information content (AvgIpc) is 2.69. The third-order valence-corrected chi connectivity index (χ3v) is 4.77. The van der Waals surface area contributed by atoms with Crippen molar-refractivity contribution in [3.05, 3.63) is 93.0 Å². The monoisotopic (exact) mass is 409 g/mol. The molecule has 4 rings (SSSR count). The number of aliphatic imine (C=N–C) groups is 1. The lowest BCUT2D eigenvalue weighted by molar-refractivity contribution is 0.436. The predicted molar refractivity (Wildman–Crippen MR) is 113 cm³/mol. The lowest BCUT2D eigenvalue weighted by Crippen LogP contribution is -2.20. The minimum Gasteiger partial charge on any atom is -0.494 e. The molecule has 0 atom stereocenters. The zero-order valence-electron chi connectivity index (χ0n) is 14.4. The Hall–Kier alpha value is -3.15. The Morgan fingerprint density at radius 2 is 1.79 bits per heavy atom. The van der Waals surface area contributed by atoms with Crippen molar-refractivity contribution < 1.29 is 5.11 Å². The predicted octanol–water partition coefficient (Wildman–Crippen LogP) is 5.15. The van der Waals surface area contributed by atoms with Crippen molar-refractivity contribution in [2.24, 2.45) is 4.99 Å². The summed E-state index contributed by atoms with van der Waals surface area (Å²) >= 11 is 12.1. The van der Waals surface area contributed by atoms with Gasteiger partial charge in [0, 0.05) is 28.2 Å². The number of hydrogen-bond acceptors (Lipinski definition) is 4. The first kappa shape index (κ1) is 18.2. The molecule has 28 heavy (non-hydrogen) atoms. The van der Waals surface area contributed by atoms with E-state index in [1.807, 2.05) is 0 Å². The van der Waals surface area contributed by atoms with Crippen LogP contribution in [0.2, 0.25) is 10.2 Å². The van der Waals surface area contributed by atoms with E-state index in [-0.39, 0.29) is 16.6 Å². The summed E-state index contributed by atoms with van der Waals surface area (Å²) in [5, 5.41) is 12.7. The molecule has 0 saturated carbocycles. The van der Waals surface area contributed by atoms with Crippen LogP contribution in [0.15, 0.2) is 76.6 Å². The van der Waals surface area contributed by atoms with Gasteiger partial charge in [0.15, 0.2) is 5.15 Å². The molecule has 0 bridgehead atoms. The molecule has 5 nitrogen and oxygen atoms in total. The van der Waals surface area contributed by atoms with Crippen LogP contribution in [0.5, 0.6) is 5.88 Å². The first-order chi connectivity index (χ1) is 13.6. The van der Waals surface area contributed by atoms with Crippen LogP contribution >= 0.6 is 23.2 Å². The second-order valence-corrected chi connectivity index (χ2v) is 6.77. The molecule has 0 spiro atoms. The lowest BCUT2D eigenvalue weighted by atomic mass is 10.1. The number of aromatic nitrogens is 2. The van der Waals surface area contributed by atoms with Crippen LogP contribution < -0.4 is 5.56 Å². The van der Waals surface area contributed by atoms with Gasteiger partial charge in [-0.25, -0.2) is 9.55 Å². The van der Waals surface area contributed by atoms with E-state index in [1.165, 1.54) is 10.8 Å². The van der Waals surface area contributed by atoms with Gasteiger partial charge in [0.1, 0.15) is 5.69 Å². The molecule has 7 heteroatoms. The van der Waals surface area contributed by atoms with Crippen LogP contribution in [0.25, 0.3) is 16.5 Å². The number of pyridine rings is 2. The zero-order chi connectivity index (χ0) is 19.7. The van der Waals surface area contributed by atoms with Crippen molar-refractivity contribution in [2.45, 2.75) is 0 Å². The van der Waals surface area contributed by atoms with Gasteiger partial charge in [0.25, 0.3) is 5.56 Å². The Morgan fingerprint density at radius 1 is 1.00 bits per heavy atom. The molecule has 0 saturated heterocycles. The highest BCUT2D eigenvalue weighted by Gasteiger charge is 2.16. The van der Waals surface area contributed by atoms with Gasteiger partial charge in [-0.05, 0) is 36.4 Å². The molecule has 2 aromatic carbocycles. The minimum absolute atomic E-state index is 0.241. The molecule has 2 aromatic heterocycles. The molecule has 0 radical (unpaired) electrons. The summed E-state index contributed by atoms with van der Waals surface area (Å²) in [6.45, 7) is 0. The number of fused-ring (bicyclic) bond motifs is 1. The van der Waals surface area contributed by atoms with Crippen molar-refractivity contribution >= 4 is 45.9 Å². The van der Waals surface area contributed by atoms with Gasteiger partial charge in [0.2, 0.25) is 5.88 Å². The second kappa shape index (κ2) is 7.46. The van der Waals surface area contributed by atoms with Crippen molar-refractivity contribution in [1.82, 2.24) is 9.55 Å². The van der Waals surface area contributed by atoms with Crippen molar-refractivity contribution in [3.63, 3.8) is 0 Å². The highest BCUT2D eigenvalue weighted by Crippen LogP contribution is 2.28. The fourth-order valence-electron chi connectivity index (χ4n) is 2.95. The molecule has 0 fully saturated rings. The maximum absolute atomic E-state index is 13.0. The molecule has 0 unspecified atom stereocenters. The number of aromatic hydroxyl groups is 1. The molecule has 0 amide bonds. The summed E-state index contributed by atoms with van der Waals surface area (Å²) in [5.74, 6) is -0.241. The minimum atomic E-state index is -0.355. The van der Waals surface area contributed by atoms with E-state index in [2.05, 4.69) is 9.98 Å². The van der Waals surface area contributed by atoms with Crippen LogP contribution in [0.1, 0.15) is 5.56 Å². The molecule has 1 N–H and O–H groups in total. The number of nitrogens with zero attached hydrogens (tertiary/aromatic N) is 3. The quantitative estimate of drug-likeness (QED) is 0.375. The lowest BCUT2D eigenvalue weighted by Gasteiger charge is -2.14. The smallest absolute Gasteiger partial charge is 0.265 e. The van der Waals surface area contributed by atoms with Crippen LogP contribution in [-0.2, 0) is 0 Å². The first-order valence-electron chi connectivity index (χ1n) is 8.33. The summed E-state index contributed by atoms with van der Waals surface area (Å²) in [5.41, 5.74) is 0.935. The fourth-order valence-corrected chi connectivity index (χ4v) is 3.30. The molecule has 4 aromatic rings. The average molecular weight is 410 g/mol. The van der Waals surface area contributed by atoms with Crippen LogP contribution in [0.3, 0.4) is 0 Å². The maximum Gasteiger partial charge on any atom is 0.265 e. The Balaban J connectivity index is 2.01. The largest absolute Gasteiger partial charge is 0.494 e. The summed E-state index contributed by atoms with van der Waals surface area (Å²) < 4.78 is 1.21. The SMILES string of the molecule is O=c1c2ccccc2c(C=Nc2cccnc2Cl)c(O)n1-c1cccc(Cl)c1. The van der Waals surface area contributed by atoms with Crippen molar-refractivity contribution in [1.29, 1.82) is 0 Å². The summed E-state index contributed by atoms with van der Waals surface area (Å²) in [6, 6.07) is 17.1. The van der Waals surface area contributed by atoms with Crippen molar-refractivity contribution in [3.8, 4) is 11.6 Å². The number of benzene rings is 2. The Bertz CT molecular complexity index is 1280. The van der Waals surface area contributed by atoms with Gasteiger partial charge in [0.05, 0.1) is 11.3 Å². The summed E-state index contributed by atoms with van der Waals surface area (Å²) in [4.78, 5) is 21.4. The number of rotatable bonds is 3. The van der Waals surface area contributed by atoms with Gasteiger partial charge < -0.3 is 5.11 Å². The Morgan fingerprint density at radius 3 is 2.54 bits per heavy atom. The van der Waals surface area contributed by atoms with Gasteiger partial charge in [-0.15, -0.1) is 0 Å². The van der Waals surface area contributed by atoms with E-state index < -0.39 is 0 Å². The van der Waals surface area contributed by atoms with E-state index in [1.54, 1.807) is 66.9 Å². The summed E-state index contributed by atoms with van der Waals surface area (Å²) in [6.07, 6.45) is 3.04. The highest BCUT2D eigenvalue weighted by atomic mass is 35.5. The fraction of sp³-hybridized carbons (Fsp3) is 0. The third-order valence-electron chi connectivity index (χ3n) is 4.24. The second-order valence-electron chi connectivity index (χ2n) is 5.97. The molecule has 0 aliphatic carbocycles. The van der Waals surface area contributed by atoms with E-state index in [4.69, 9.17) is 23.2 Å². The van der Waals surface area contributed by atoms with E-state index in [0.717, 1.165) is 0 Å². The molecule has 138 valence electrons. The van der Waals surface area contributed by atoms with Gasteiger partial charge in [-0.2, -0.15) is 0 Å². The van der Waals surface area contributed by atoms with Gasteiger partial charge in [-0.3, -0.25) is 9.79 Å². The van der Waals surface area contributed by atoms with E-state index in [0.29, 0.717) is 32.7 Å². The first-order valence-corrected chi connectivity index (χ1v) is 9.09. The van der Waals surface area contributed by atoms with Crippen LogP contribution in [-0.4, -0.2) is 20.9 Å². The maximum atomic E-state index is 13.0. The molecule has 2 heterocycles. The van der Waals surface area contributed by atoms with E-state index in [9.17, 15) is 9.90 Å². The highest BCUT2D eigenvalue weighted by molar-refractivity contribution is 6.31. The van der Waals surface area contributed by atoms with Crippen LogP contribution in [0, 0.1) is 0 Å². The Kier molecular flexibility index (Phi) is 4.86. The van der Waals surface area contributed by atoms with Gasteiger partial charge in [-0.1, -0.05) is 47.5 Å². The van der Waals surface area contributed by atoms with Crippen LogP contribution in [0.4, 0.5) is 5.69 Å². The standard InChI is InChI=1S/C21H13Cl2N3O2/c22-13-5-3-6-14(11-13)26-20(27)16-8-2-1-7-15(16)17(21(26)28)12-25-18-9-4-10-24-19(18)23/h1-12,28H. The van der Waals surface area contributed by atoms with E-state index >= 15 is 0 Å². The molecular formula is C21H13Cl2N3O2. The Labute approximate surface area is 170 Å². The molecule has 0 aliphatic heterocycles. The van der Waals surface area contributed by atoms with Gasteiger partial charge >= 0.3 is 0 Å². The number of halogens is 2. The summed E-state index contributed by atoms with van der Waals surface area (Å²) in [7, 11) is 0. The van der Waals surface area contributed by atoms with Crippen molar-refractivity contribution in [2.75, 3.05) is 0 Å².